The van der Waals surface area contributed by atoms with Gasteiger partial charge in [-0.2, -0.15) is 0 Å². The molecule has 0 saturated carbocycles. The molecule has 1 aliphatic heterocycles. The van der Waals surface area contributed by atoms with E-state index >= 15 is 0 Å². The summed E-state index contributed by atoms with van der Waals surface area (Å²) in [6.45, 7) is 1.63. The lowest BCUT2D eigenvalue weighted by molar-refractivity contribution is 0.0789. The van der Waals surface area contributed by atoms with Gasteiger partial charge in [0.15, 0.2) is 0 Å². The number of methoxy groups -OCH3 is 1. The first-order valence-electron chi connectivity index (χ1n) is 13.1. The van der Waals surface area contributed by atoms with E-state index in [-0.39, 0.29) is 41.3 Å². The number of nitrogens with zero attached hydrogens (tertiary/aromatic N) is 1. The van der Waals surface area contributed by atoms with Gasteiger partial charge in [0.25, 0.3) is 11.8 Å². The molecular formula is C30H33F2N3O5. The number of likely N-dealkylation sites (tertiary alicyclic amines) is 1. The molecule has 40 heavy (non-hydrogen) atoms. The topological polar surface area (TPSA) is 111 Å². The highest BCUT2D eigenvalue weighted by Crippen LogP contribution is 2.23. The zero-order valence-electron chi connectivity index (χ0n) is 22.2. The molecule has 1 fully saturated rings. The fourth-order valence-electron chi connectivity index (χ4n) is 4.75. The molecule has 3 aromatic rings. The number of nitrogens with one attached hydrogen (secondary N) is 2. The second kappa shape index (κ2) is 13.4. The molecule has 0 unspecified atom stereocenters. The Bertz CT molecular complexity index is 1330. The number of amides is 2. The molecule has 0 bridgehead atoms. The van der Waals surface area contributed by atoms with Crippen LogP contribution in [-0.2, 0) is 13.0 Å². The van der Waals surface area contributed by atoms with Gasteiger partial charge in [0.2, 0.25) is 0 Å². The van der Waals surface area contributed by atoms with Crippen molar-refractivity contribution in [2.45, 2.75) is 38.0 Å². The summed E-state index contributed by atoms with van der Waals surface area (Å²) in [6.07, 6.45) is 0.557. The molecule has 212 valence electrons. The summed E-state index contributed by atoms with van der Waals surface area (Å²) in [5.74, 6) is -2.05. The SMILES string of the molecule is COc1cccc(CNC[C@@H](O)[C@H](Cc2cc(F)cc(F)c2)NC(=O)c2ccc(O)c(C(=O)N3CCCC3)c2)c1. The Balaban J connectivity index is 1.49. The van der Waals surface area contributed by atoms with E-state index in [0.717, 1.165) is 36.6 Å². The van der Waals surface area contributed by atoms with Crippen LogP contribution in [-0.4, -0.2) is 65.8 Å². The van der Waals surface area contributed by atoms with Gasteiger partial charge in [-0.25, -0.2) is 8.78 Å². The predicted molar refractivity (Wildman–Crippen MR) is 145 cm³/mol. The van der Waals surface area contributed by atoms with Crippen LogP contribution in [0.15, 0.2) is 60.7 Å². The van der Waals surface area contributed by atoms with Crippen LogP contribution < -0.4 is 15.4 Å². The number of aliphatic hydroxyl groups is 1. The summed E-state index contributed by atoms with van der Waals surface area (Å²) in [7, 11) is 1.57. The molecule has 4 N–H and O–H groups in total. The second-order valence-corrected chi connectivity index (χ2v) is 9.84. The van der Waals surface area contributed by atoms with Crippen molar-refractivity contribution in [3.63, 3.8) is 0 Å². The average Bonchev–Trinajstić information content (AvgIpc) is 3.47. The van der Waals surface area contributed by atoms with E-state index in [4.69, 9.17) is 4.74 Å². The molecule has 1 saturated heterocycles. The predicted octanol–water partition coefficient (Wildman–Crippen LogP) is 3.41. The number of phenols is 1. The minimum Gasteiger partial charge on any atom is -0.507 e. The standard InChI is InChI=1S/C30H33F2N3O5/c1-40-24-6-4-5-19(13-24)17-33-18-28(37)26(14-20-11-22(31)16-23(32)12-20)34-29(38)21-7-8-27(36)25(15-21)30(39)35-9-2-3-10-35/h4-8,11-13,15-16,26,28,33,36-37H,2-3,9-10,14,17-18H2,1H3,(H,34,38)/t26-,28+/m0/s1. The fourth-order valence-corrected chi connectivity index (χ4v) is 4.75. The van der Waals surface area contributed by atoms with E-state index < -0.39 is 29.7 Å². The van der Waals surface area contributed by atoms with Crippen molar-refractivity contribution in [3.8, 4) is 11.5 Å². The molecule has 3 aromatic carbocycles. The second-order valence-electron chi connectivity index (χ2n) is 9.84. The number of ether oxygens (including phenoxy) is 1. The number of benzene rings is 3. The minimum absolute atomic E-state index is 0.0128. The Morgan fingerprint density at radius 1 is 1.00 bits per heavy atom. The van der Waals surface area contributed by atoms with Gasteiger partial charge in [0, 0.05) is 37.8 Å². The van der Waals surface area contributed by atoms with Gasteiger partial charge in [-0.15, -0.1) is 0 Å². The maximum Gasteiger partial charge on any atom is 0.257 e. The third-order valence-corrected chi connectivity index (χ3v) is 6.86. The number of phenolic OH excluding ortho intramolecular Hbond substituents is 1. The number of hydrogen-bond donors (Lipinski definition) is 4. The van der Waals surface area contributed by atoms with E-state index in [2.05, 4.69) is 10.6 Å². The van der Waals surface area contributed by atoms with Crippen LogP contribution in [0.5, 0.6) is 11.5 Å². The van der Waals surface area contributed by atoms with Gasteiger partial charge >= 0.3 is 0 Å². The fraction of sp³-hybridized carbons (Fsp3) is 0.333. The molecule has 0 radical (unpaired) electrons. The largest absolute Gasteiger partial charge is 0.507 e. The van der Waals surface area contributed by atoms with Crippen molar-refractivity contribution in [1.82, 2.24) is 15.5 Å². The Kier molecular flexibility index (Phi) is 9.68. The van der Waals surface area contributed by atoms with Crippen LogP contribution in [0.3, 0.4) is 0 Å². The number of halogens is 2. The number of aliphatic hydroxyl groups excluding tert-OH is 1. The Labute approximate surface area is 231 Å². The summed E-state index contributed by atoms with van der Waals surface area (Å²) >= 11 is 0. The highest BCUT2D eigenvalue weighted by molar-refractivity contribution is 6.01. The van der Waals surface area contributed by atoms with Crippen molar-refractivity contribution < 1.29 is 33.3 Å². The Morgan fingerprint density at radius 2 is 1.73 bits per heavy atom. The molecule has 8 nitrogen and oxygen atoms in total. The maximum absolute atomic E-state index is 13.9. The normalized spacial score (nSPS) is 14.6. The van der Waals surface area contributed by atoms with E-state index in [0.29, 0.717) is 25.4 Å². The van der Waals surface area contributed by atoms with Gasteiger partial charge in [-0.3, -0.25) is 9.59 Å². The summed E-state index contributed by atoms with van der Waals surface area (Å²) in [6, 6.07) is 13.5. The molecule has 0 aromatic heterocycles. The number of aromatic hydroxyl groups is 1. The number of rotatable bonds is 11. The summed E-state index contributed by atoms with van der Waals surface area (Å²) < 4.78 is 33.0. The first-order chi connectivity index (χ1) is 19.2. The first kappa shape index (κ1) is 29.0. The molecule has 0 spiro atoms. The highest BCUT2D eigenvalue weighted by atomic mass is 19.1. The van der Waals surface area contributed by atoms with Crippen molar-refractivity contribution in [3.05, 3.63) is 94.6 Å². The quantitative estimate of drug-likeness (QED) is 0.290. The third-order valence-electron chi connectivity index (χ3n) is 6.86. The first-order valence-corrected chi connectivity index (χ1v) is 13.1. The van der Waals surface area contributed by atoms with Gasteiger partial charge in [-0.1, -0.05) is 12.1 Å². The van der Waals surface area contributed by atoms with Crippen LogP contribution in [0.4, 0.5) is 8.78 Å². The van der Waals surface area contributed by atoms with Crippen LogP contribution in [0.2, 0.25) is 0 Å². The van der Waals surface area contributed by atoms with Crippen molar-refractivity contribution in [2.75, 3.05) is 26.7 Å². The van der Waals surface area contributed by atoms with Crippen molar-refractivity contribution >= 4 is 11.8 Å². The molecule has 1 heterocycles. The van der Waals surface area contributed by atoms with E-state index in [1.54, 1.807) is 12.0 Å². The summed E-state index contributed by atoms with van der Waals surface area (Å²) in [5.41, 5.74) is 1.29. The average molecular weight is 554 g/mol. The number of hydrogen-bond acceptors (Lipinski definition) is 6. The maximum atomic E-state index is 13.9. The van der Waals surface area contributed by atoms with Crippen molar-refractivity contribution in [1.29, 1.82) is 0 Å². The van der Waals surface area contributed by atoms with Gasteiger partial charge < -0.3 is 30.5 Å². The lowest BCUT2D eigenvalue weighted by Gasteiger charge is -2.25. The molecule has 0 aliphatic carbocycles. The molecule has 10 heteroatoms. The molecule has 4 rings (SSSR count). The molecule has 2 amide bonds. The monoisotopic (exact) mass is 553 g/mol. The molecular weight excluding hydrogens is 520 g/mol. The number of carbonyl (C=O) groups is 2. The van der Waals surface area contributed by atoms with Crippen LogP contribution in [0.25, 0.3) is 0 Å². The summed E-state index contributed by atoms with van der Waals surface area (Å²) in [5, 5.41) is 27.2. The molecule has 2 atom stereocenters. The number of carbonyl (C=O) groups excluding carboxylic acids is 2. The van der Waals surface area contributed by atoms with E-state index in [1.165, 1.54) is 18.2 Å². The van der Waals surface area contributed by atoms with Crippen LogP contribution in [0.1, 0.15) is 44.7 Å². The molecule has 1 aliphatic rings. The zero-order chi connectivity index (χ0) is 28.6. The Morgan fingerprint density at radius 3 is 2.42 bits per heavy atom. The lowest BCUT2D eigenvalue weighted by atomic mass is 9.99. The van der Waals surface area contributed by atoms with Crippen LogP contribution >= 0.6 is 0 Å². The third kappa shape index (κ3) is 7.55. The van der Waals surface area contributed by atoms with E-state index in [1.807, 2.05) is 24.3 Å². The van der Waals surface area contributed by atoms with Gasteiger partial charge in [0.1, 0.15) is 23.1 Å². The zero-order valence-corrected chi connectivity index (χ0v) is 22.2. The van der Waals surface area contributed by atoms with Crippen LogP contribution in [0, 0.1) is 11.6 Å². The minimum atomic E-state index is -1.14. The highest BCUT2D eigenvalue weighted by Gasteiger charge is 2.26. The van der Waals surface area contributed by atoms with Gasteiger partial charge in [0.05, 0.1) is 24.8 Å². The Hall–Kier alpha value is -4.02. The van der Waals surface area contributed by atoms with Crippen molar-refractivity contribution in [2.24, 2.45) is 0 Å². The van der Waals surface area contributed by atoms with Gasteiger partial charge in [-0.05, 0) is 72.9 Å². The lowest BCUT2D eigenvalue weighted by Crippen LogP contribution is -2.48. The summed E-state index contributed by atoms with van der Waals surface area (Å²) in [4.78, 5) is 27.7. The smallest absolute Gasteiger partial charge is 0.257 e. The van der Waals surface area contributed by atoms with E-state index in [9.17, 15) is 28.6 Å².